The summed E-state index contributed by atoms with van der Waals surface area (Å²) in [5.74, 6) is 0. The molecule has 2 heterocycles. The molecule has 0 radical (unpaired) electrons. The Hall–Kier alpha value is -1.08. The Balaban J connectivity index is 2.35. The molecule has 0 aliphatic carbocycles. The lowest BCUT2D eigenvalue weighted by Crippen LogP contribution is -2.17. The van der Waals surface area contributed by atoms with E-state index >= 15 is 0 Å². The lowest BCUT2D eigenvalue weighted by Gasteiger charge is -2.18. The number of benzene rings is 1. The largest absolute Gasteiger partial charge is 0.351 e. The molecule has 0 amide bonds. The van der Waals surface area contributed by atoms with Crippen molar-refractivity contribution in [1.82, 2.24) is 0 Å². The van der Waals surface area contributed by atoms with Gasteiger partial charge in [-0.2, -0.15) is 0 Å². The van der Waals surface area contributed by atoms with Crippen molar-refractivity contribution < 1.29 is 4.74 Å². The minimum Gasteiger partial charge on any atom is -0.351 e. The van der Waals surface area contributed by atoms with Crippen LogP contribution in [0.3, 0.4) is 0 Å². The molecule has 2 atom stereocenters. The van der Waals surface area contributed by atoms with Crippen LogP contribution >= 0.6 is 0 Å². The van der Waals surface area contributed by atoms with Crippen LogP contribution in [0.4, 0.5) is 0 Å². The number of hydrogen-bond acceptors (Lipinski definition) is 1. The van der Waals surface area contributed by atoms with Crippen LogP contribution in [0, 0.1) is 0 Å². The summed E-state index contributed by atoms with van der Waals surface area (Å²) < 4.78 is 6.01. The quantitative estimate of drug-likeness (QED) is 0.547. The molecule has 2 unspecified atom stereocenters. The molecule has 2 aliphatic heterocycles. The lowest BCUT2D eigenvalue weighted by atomic mass is 9.84. The normalized spacial score (nSPS) is 39.5. The zero-order valence-electron chi connectivity index (χ0n) is 7.87. The average Bonchev–Trinajstić information content (AvgIpc) is 2.55. The van der Waals surface area contributed by atoms with E-state index in [9.17, 15) is 0 Å². The van der Waals surface area contributed by atoms with Crippen LogP contribution in [0.25, 0.3) is 0 Å². The van der Waals surface area contributed by atoms with Crippen molar-refractivity contribution in [3.05, 3.63) is 47.5 Å². The first-order valence-corrected chi connectivity index (χ1v) is 4.65. The maximum Gasteiger partial charge on any atom is 0.111 e. The second-order valence-corrected chi connectivity index (χ2v) is 4.20. The fraction of sp³-hybridized carbons (Fsp3) is 0.333. The molecule has 2 bridgehead atoms. The highest BCUT2D eigenvalue weighted by Crippen LogP contribution is 2.53. The van der Waals surface area contributed by atoms with Gasteiger partial charge in [0, 0.05) is 0 Å². The fourth-order valence-corrected chi connectivity index (χ4v) is 2.46. The minimum atomic E-state index is -0.175. The molecule has 0 saturated carbocycles. The first kappa shape index (κ1) is 7.34. The molecule has 1 aromatic carbocycles. The SMILES string of the molecule is CC12C=CC(C)(O1)c1ccccc12. The van der Waals surface area contributed by atoms with Crippen LogP contribution in [-0.2, 0) is 15.9 Å². The predicted octanol–water partition coefficient (Wildman–Crippen LogP) is 2.72. The van der Waals surface area contributed by atoms with Gasteiger partial charge in [-0.15, -0.1) is 0 Å². The van der Waals surface area contributed by atoms with Gasteiger partial charge in [-0.1, -0.05) is 24.3 Å². The van der Waals surface area contributed by atoms with Gasteiger partial charge in [0.15, 0.2) is 0 Å². The Bertz CT molecular complexity index is 370. The van der Waals surface area contributed by atoms with E-state index in [0.717, 1.165) is 0 Å². The molecular weight excluding hydrogens is 160 g/mol. The summed E-state index contributed by atoms with van der Waals surface area (Å²) in [7, 11) is 0. The highest BCUT2D eigenvalue weighted by atomic mass is 16.5. The van der Waals surface area contributed by atoms with E-state index in [0.29, 0.717) is 0 Å². The molecule has 0 spiro atoms. The van der Waals surface area contributed by atoms with Gasteiger partial charge in [0.25, 0.3) is 0 Å². The van der Waals surface area contributed by atoms with Gasteiger partial charge in [-0.3, -0.25) is 0 Å². The summed E-state index contributed by atoms with van der Waals surface area (Å²) in [6.45, 7) is 4.25. The number of rotatable bonds is 0. The highest BCUT2D eigenvalue weighted by Gasteiger charge is 2.50. The summed E-state index contributed by atoms with van der Waals surface area (Å²) in [6, 6.07) is 8.46. The van der Waals surface area contributed by atoms with Crippen LogP contribution in [-0.4, -0.2) is 0 Å². The number of ether oxygens (including phenoxy) is 1. The van der Waals surface area contributed by atoms with Gasteiger partial charge in [0.05, 0.1) is 0 Å². The molecule has 1 heteroatoms. The van der Waals surface area contributed by atoms with Crippen LogP contribution in [0.15, 0.2) is 36.4 Å². The van der Waals surface area contributed by atoms with E-state index in [1.165, 1.54) is 11.1 Å². The smallest absolute Gasteiger partial charge is 0.111 e. The summed E-state index contributed by atoms with van der Waals surface area (Å²) >= 11 is 0. The topological polar surface area (TPSA) is 9.23 Å². The summed E-state index contributed by atoms with van der Waals surface area (Å²) in [6.07, 6.45) is 4.32. The summed E-state index contributed by atoms with van der Waals surface area (Å²) in [5.41, 5.74) is 2.29. The monoisotopic (exact) mass is 172 g/mol. The Morgan fingerprint density at radius 3 is 1.85 bits per heavy atom. The van der Waals surface area contributed by atoms with Gasteiger partial charge < -0.3 is 4.74 Å². The first-order valence-electron chi connectivity index (χ1n) is 4.65. The third-order valence-electron chi connectivity index (χ3n) is 3.14. The van der Waals surface area contributed by atoms with Gasteiger partial charge in [0.2, 0.25) is 0 Å². The van der Waals surface area contributed by atoms with Gasteiger partial charge in [0.1, 0.15) is 11.2 Å². The van der Waals surface area contributed by atoms with Crippen molar-refractivity contribution in [3.8, 4) is 0 Å². The van der Waals surface area contributed by atoms with Gasteiger partial charge in [-0.05, 0) is 37.1 Å². The number of fused-ring (bicyclic) bond motifs is 5. The molecule has 13 heavy (non-hydrogen) atoms. The maximum atomic E-state index is 6.01. The molecule has 0 fully saturated rings. The Morgan fingerprint density at radius 2 is 1.38 bits per heavy atom. The van der Waals surface area contributed by atoms with E-state index < -0.39 is 0 Å². The Kier molecular flexibility index (Phi) is 1.06. The average molecular weight is 172 g/mol. The fourth-order valence-electron chi connectivity index (χ4n) is 2.46. The van der Waals surface area contributed by atoms with Crippen molar-refractivity contribution in [1.29, 1.82) is 0 Å². The third-order valence-corrected chi connectivity index (χ3v) is 3.14. The van der Waals surface area contributed by atoms with Crippen molar-refractivity contribution in [2.24, 2.45) is 0 Å². The van der Waals surface area contributed by atoms with E-state index in [4.69, 9.17) is 4.74 Å². The van der Waals surface area contributed by atoms with E-state index in [1.54, 1.807) is 0 Å². The summed E-state index contributed by atoms with van der Waals surface area (Å²) in [4.78, 5) is 0. The van der Waals surface area contributed by atoms with Crippen molar-refractivity contribution in [2.75, 3.05) is 0 Å². The van der Waals surface area contributed by atoms with Gasteiger partial charge >= 0.3 is 0 Å². The predicted molar refractivity (Wildman–Crippen MR) is 51.4 cm³/mol. The van der Waals surface area contributed by atoms with E-state index in [2.05, 4.69) is 50.3 Å². The molecule has 1 aromatic rings. The molecule has 1 nitrogen and oxygen atoms in total. The van der Waals surface area contributed by atoms with E-state index in [-0.39, 0.29) is 11.2 Å². The van der Waals surface area contributed by atoms with Crippen molar-refractivity contribution in [2.45, 2.75) is 25.0 Å². The third kappa shape index (κ3) is 0.713. The highest BCUT2D eigenvalue weighted by molar-refractivity contribution is 5.49. The van der Waals surface area contributed by atoms with Crippen LogP contribution in [0.1, 0.15) is 25.0 Å². The van der Waals surface area contributed by atoms with Crippen molar-refractivity contribution in [3.63, 3.8) is 0 Å². The van der Waals surface area contributed by atoms with E-state index in [1.807, 2.05) is 0 Å². The Labute approximate surface area is 78.0 Å². The summed E-state index contributed by atoms with van der Waals surface area (Å²) in [5, 5.41) is 0. The zero-order chi connectivity index (χ0) is 9.10. The minimum absolute atomic E-state index is 0.175. The van der Waals surface area contributed by atoms with Crippen molar-refractivity contribution >= 4 is 0 Å². The second kappa shape index (κ2) is 1.88. The van der Waals surface area contributed by atoms with Crippen LogP contribution in [0.2, 0.25) is 0 Å². The standard InChI is InChI=1S/C12H12O/c1-11-7-8-12(2,13-11)10-6-4-3-5-9(10)11/h3-8H,1-2H3. The molecule has 0 aromatic heterocycles. The molecule has 2 aliphatic rings. The Morgan fingerprint density at radius 1 is 0.923 bits per heavy atom. The lowest BCUT2D eigenvalue weighted by molar-refractivity contribution is -0.0495. The molecular formula is C12H12O. The molecule has 3 rings (SSSR count). The number of hydrogen-bond donors (Lipinski definition) is 0. The van der Waals surface area contributed by atoms with Crippen LogP contribution in [0.5, 0.6) is 0 Å². The zero-order valence-corrected chi connectivity index (χ0v) is 7.87. The maximum absolute atomic E-state index is 6.01. The van der Waals surface area contributed by atoms with Crippen LogP contribution < -0.4 is 0 Å². The second-order valence-electron chi connectivity index (χ2n) is 4.20. The first-order chi connectivity index (χ1) is 6.14. The van der Waals surface area contributed by atoms with Gasteiger partial charge in [-0.25, -0.2) is 0 Å². The molecule has 0 saturated heterocycles. The molecule has 0 N–H and O–H groups in total. The molecule has 66 valence electrons.